The molecule has 2 aliphatic rings. The first-order valence-electron chi connectivity index (χ1n) is 12.8. The molecule has 2 saturated heterocycles. The number of benzene rings is 1. The third-order valence-electron chi connectivity index (χ3n) is 6.95. The van der Waals surface area contributed by atoms with E-state index < -0.39 is 10.0 Å². The fourth-order valence-corrected chi connectivity index (χ4v) is 6.53. The fourth-order valence-electron chi connectivity index (χ4n) is 4.99. The summed E-state index contributed by atoms with van der Waals surface area (Å²) in [6, 6.07) is 5.84. The Morgan fingerprint density at radius 1 is 0.971 bits per heavy atom. The van der Waals surface area contributed by atoms with E-state index in [2.05, 4.69) is 27.0 Å². The van der Waals surface area contributed by atoms with Gasteiger partial charge in [0.2, 0.25) is 15.6 Å². The van der Waals surface area contributed by atoms with Crippen LogP contribution in [0.4, 0.5) is 0 Å². The number of fused-ring (bicyclic) bond motifs is 1. The summed E-state index contributed by atoms with van der Waals surface area (Å²) in [4.78, 5) is 32.9. The predicted octanol–water partition coefficient (Wildman–Crippen LogP) is 1.85. The van der Waals surface area contributed by atoms with Crippen LogP contribution in [-0.2, 0) is 10.0 Å². The molecule has 3 heterocycles. The van der Waals surface area contributed by atoms with Gasteiger partial charge in [-0.25, -0.2) is 8.42 Å². The summed E-state index contributed by atoms with van der Waals surface area (Å²) in [5.74, 6) is -0.360. The lowest BCUT2D eigenvalue weighted by Crippen LogP contribution is -2.47. The van der Waals surface area contributed by atoms with Crippen molar-refractivity contribution < 1.29 is 13.2 Å². The fraction of sp³-hybridized carbons (Fsp3) is 0.600. The van der Waals surface area contributed by atoms with Gasteiger partial charge in [-0.05, 0) is 57.0 Å². The van der Waals surface area contributed by atoms with Crippen LogP contribution in [0.1, 0.15) is 49.4 Å². The maximum absolute atomic E-state index is 13.1. The van der Waals surface area contributed by atoms with Crippen LogP contribution in [0.15, 0.2) is 34.0 Å². The quantitative estimate of drug-likeness (QED) is 0.506. The van der Waals surface area contributed by atoms with Gasteiger partial charge in [-0.15, -0.1) is 0 Å². The van der Waals surface area contributed by atoms with E-state index in [1.54, 1.807) is 6.07 Å². The average molecular weight is 504 g/mol. The van der Waals surface area contributed by atoms with Gasteiger partial charge in [-0.3, -0.25) is 9.59 Å². The number of sulfonamides is 1. The summed E-state index contributed by atoms with van der Waals surface area (Å²) < 4.78 is 27.8. The van der Waals surface area contributed by atoms with Crippen molar-refractivity contribution in [3.05, 3.63) is 40.2 Å². The highest BCUT2D eigenvalue weighted by Crippen LogP contribution is 2.25. The molecule has 9 nitrogen and oxygen atoms in total. The van der Waals surface area contributed by atoms with Crippen molar-refractivity contribution in [1.82, 2.24) is 24.4 Å². The molecule has 0 aliphatic carbocycles. The molecule has 35 heavy (non-hydrogen) atoms. The van der Waals surface area contributed by atoms with Crippen LogP contribution in [0.5, 0.6) is 0 Å². The lowest BCUT2D eigenvalue weighted by Gasteiger charge is -2.34. The number of pyridine rings is 1. The van der Waals surface area contributed by atoms with Gasteiger partial charge in [0.1, 0.15) is 0 Å². The van der Waals surface area contributed by atoms with Gasteiger partial charge in [0.25, 0.3) is 5.91 Å². The molecule has 0 atom stereocenters. The largest absolute Gasteiger partial charge is 0.352 e. The minimum absolute atomic E-state index is 0.148. The van der Waals surface area contributed by atoms with Gasteiger partial charge in [0.15, 0.2) is 0 Å². The van der Waals surface area contributed by atoms with E-state index in [0.717, 1.165) is 65.0 Å². The van der Waals surface area contributed by atoms with Gasteiger partial charge in [-0.1, -0.05) is 13.3 Å². The van der Waals surface area contributed by atoms with Crippen molar-refractivity contribution in [1.29, 1.82) is 0 Å². The van der Waals surface area contributed by atoms with E-state index in [-0.39, 0.29) is 21.9 Å². The van der Waals surface area contributed by atoms with E-state index in [4.69, 9.17) is 0 Å². The molecule has 192 valence electrons. The number of nitrogens with zero attached hydrogens (tertiary/aromatic N) is 3. The molecule has 0 saturated carbocycles. The smallest absolute Gasteiger partial charge is 0.252 e. The Hall–Kier alpha value is -2.27. The Morgan fingerprint density at radius 3 is 2.34 bits per heavy atom. The zero-order chi connectivity index (χ0) is 24.8. The first kappa shape index (κ1) is 25.8. The SMILES string of the molecule is CCCN1CCN(CCCNC(=O)c2cc(=O)[nH]c3ccc(S(=O)(=O)N4CCCCC4)cc23)CC1. The highest BCUT2D eigenvalue weighted by atomic mass is 32.2. The molecule has 2 aliphatic heterocycles. The molecule has 0 unspecified atom stereocenters. The highest BCUT2D eigenvalue weighted by Gasteiger charge is 2.26. The first-order valence-corrected chi connectivity index (χ1v) is 14.2. The van der Waals surface area contributed by atoms with E-state index in [1.165, 1.54) is 28.9 Å². The molecule has 1 amide bonds. The lowest BCUT2D eigenvalue weighted by molar-refractivity contribution is 0.0949. The number of amides is 1. The average Bonchev–Trinajstić information content (AvgIpc) is 2.87. The second-order valence-corrected chi connectivity index (χ2v) is 11.5. The maximum atomic E-state index is 13.1. The van der Waals surface area contributed by atoms with E-state index >= 15 is 0 Å². The molecule has 0 bridgehead atoms. The van der Waals surface area contributed by atoms with Crippen molar-refractivity contribution in [2.24, 2.45) is 0 Å². The van der Waals surface area contributed by atoms with Crippen molar-refractivity contribution in [2.45, 2.75) is 43.9 Å². The van der Waals surface area contributed by atoms with Crippen LogP contribution < -0.4 is 10.9 Å². The van der Waals surface area contributed by atoms with Crippen molar-refractivity contribution in [3.63, 3.8) is 0 Å². The predicted molar refractivity (Wildman–Crippen MR) is 137 cm³/mol. The van der Waals surface area contributed by atoms with Crippen LogP contribution in [0, 0.1) is 0 Å². The summed E-state index contributed by atoms with van der Waals surface area (Å²) >= 11 is 0. The number of piperazine rings is 1. The first-order chi connectivity index (χ1) is 16.9. The standard InChI is InChI=1S/C25H37N5O4S/c1-2-10-28-14-16-29(17-15-28)11-6-9-26-25(32)22-19-24(31)27-23-8-7-20(18-21(22)23)35(33,34)30-12-4-3-5-13-30/h7-8,18-19H,2-6,9-17H2,1H3,(H,26,32)(H,27,31). The van der Waals surface area contributed by atoms with Gasteiger partial charge in [-0.2, -0.15) is 4.31 Å². The molecule has 10 heteroatoms. The third kappa shape index (κ3) is 6.30. The zero-order valence-corrected chi connectivity index (χ0v) is 21.4. The molecule has 2 N–H and O–H groups in total. The maximum Gasteiger partial charge on any atom is 0.252 e. The summed E-state index contributed by atoms with van der Waals surface area (Å²) in [5, 5.41) is 3.36. The number of piperidine rings is 1. The minimum atomic E-state index is -3.65. The summed E-state index contributed by atoms with van der Waals surface area (Å²) in [6.07, 6.45) is 4.72. The number of carbonyl (C=O) groups is 1. The van der Waals surface area contributed by atoms with Crippen molar-refractivity contribution in [2.75, 3.05) is 58.9 Å². The van der Waals surface area contributed by atoms with Crippen LogP contribution in [0.3, 0.4) is 0 Å². The normalized spacial score (nSPS) is 18.7. The van der Waals surface area contributed by atoms with E-state index in [9.17, 15) is 18.0 Å². The van der Waals surface area contributed by atoms with E-state index in [0.29, 0.717) is 30.5 Å². The number of aromatic amines is 1. The Kier molecular flexibility index (Phi) is 8.59. The number of hydrogen-bond acceptors (Lipinski definition) is 6. The summed E-state index contributed by atoms with van der Waals surface area (Å²) in [6.45, 7) is 10.0. The summed E-state index contributed by atoms with van der Waals surface area (Å²) in [5.41, 5.74) is 0.261. The lowest BCUT2D eigenvalue weighted by atomic mass is 10.1. The minimum Gasteiger partial charge on any atom is -0.352 e. The Bertz CT molecular complexity index is 1180. The van der Waals surface area contributed by atoms with Crippen LogP contribution in [-0.4, -0.2) is 92.3 Å². The molecule has 4 rings (SSSR count). The Labute approximate surface area is 207 Å². The van der Waals surface area contributed by atoms with Gasteiger partial charge in [0.05, 0.1) is 10.5 Å². The number of rotatable bonds is 9. The van der Waals surface area contributed by atoms with Crippen LogP contribution in [0.2, 0.25) is 0 Å². The molecular weight excluding hydrogens is 466 g/mol. The monoisotopic (exact) mass is 503 g/mol. The third-order valence-corrected chi connectivity index (χ3v) is 8.85. The zero-order valence-electron chi connectivity index (χ0n) is 20.6. The molecule has 1 aromatic heterocycles. The number of carbonyl (C=O) groups excluding carboxylic acids is 1. The second-order valence-electron chi connectivity index (χ2n) is 9.51. The van der Waals surface area contributed by atoms with Gasteiger partial charge in [0, 0.05) is 62.8 Å². The molecule has 0 spiro atoms. The van der Waals surface area contributed by atoms with Crippen LogP contribution in [0.25, 0.3) is 10.9 Å². The Morgan fingerprint density at radius 2 is 1.66 bits per heavy atom. The summed E-state index contributed by atoms with van der Waals surface area (Å²) in [7, 11) is -3.65. The van der Waals surface area contributed by atoms with Gasteiger partial charge < -0.3 is 20.1 Å². The van der Waals surface area contributed by atoms with Crippen LogP contribution >= 0.6 is 0 Å². The molecule has 0 radical (unpaired) electrons. The molecule has 1 aromatic carbocycles. The van der Waals surface area contributed by atoms with Crippen molar-refractivity contribution in [3.8, 4) is 0 Å². The Balaban J connectivity index is 1.42. The van der Waals surface area contributed by atoms with E-state index in [1.807, 2.05) is 0 Å². The molecule has 2 fully saturated rings. The number of nitrogens with one attached hydrogen (secondary N) is 2. The number of H-pyrrole nitrogens is 1. The number of aromatic nitrogens is 1. The molecule has 2 aromatic rings. The van der Waals surface area contributed by atoms with Gasteiger partial charge >= 0.3 is 0 Å². The highest BCUT2D eigenvalue weighted by molar-refractivity contribution is 7.89. The molecular formula is C25H37N5O4S. The topological polar surface area (TPSA) is 106 Å². The second kappa shape index (κ2) is 11.6. The van der Waals surface area contributed by atoms with Crippen molar-refractivity contribution >= 4 is 26.8 Å². The number of hydrogen-bond donors (Lipinski definition) is 2.